The third-order valence-corrected chi connectivity index (χ3v) is 6.56. The van der Waals surface area contributed by atoms with Gasteiger partial charge in [-0.3, -0.25) is 4.79 Å². The lowest BCUT2D eigenvalue weighted by atomic mass is 9.78. The summed E-state index contributed by atoms with van der Waals surface area (Å²) in [6.07, 6.45) is 0.165. The molecular weight excluding hydrogens is 417 g/mol. The molecule has 0 spiro atoms. The van der Waals surface area contributed by atoms with Gasteiger partial charge >= 0.3 is 13.1 Å². The molecule has 1 amide bonds. The van der Waals surface area contributed by atoms with Crippen LogP contribution in [0.25, 0.3) is 10.8 Å². The van der Waals surface area contributed by atoms with Crippen LogP contribution in [-0.4, -0.2) is 41.3 Å². The minimum absolute atomic E-state index is 0.165. The van der Waals surface area contributed by atoms with Gasteiger partial charge in [-0.2, -0.15) is 0 Å². The van der Waals surface area contributed by atoms with Gasteiger partial charge in [0.1, 0.15) is 6.04 Å². The molecule has 1 aliphatic rings. The molecular formula is C26H28BNO5. The van der Waals surface area contributed by atoms with E-state index in [-0.39, 0.29) is 6.42 Å². The molecule has 170 valence electrons. The van der Waals surface area contributed by atoms with Gasteiger partial charge in [-0.25, -0.2) is 4.79 Å². The van der Waals surface area contributed by atoms with Crippen LogP contribution in [0.4, 0.5) is 0 Å². The van der Waals surface area contributed by atoms with Crippen LogP contribution in [0.3, 0.4) is 0 Å². The van der Waals surface area contributed by atoms with E-state index in [2.05, 4.69) is 5.32 Å². The summed E-state index contributed by atoms with van der Waals surface area (Å²) in [5.41, 5.74) is 1.22. The standard InChI is InChI=1S/C26H28BNO5/c1-25(2)26(3,4)33-27(32-25)21-13-9-17(10-14-21)15-22(24(30)31)28-23(29)20-12-11-18-7-5-6-8-19(18)16-20/h5-14,16,22H,15H2,1-4H3,(H,28,29)(H,30,31)/t22-/m1/s1. The largest absolute Gasteiger partial charge is 0.494 e. The van der Waals surface area contributed by atoms with Crippen LogP contribution in [0, 0.1) is 0 Å². The van der Waals surface area contributed by atoms with Crippen LogP contribution in [0.1, 0.15) is 43.6 Å². The molecule has 1 aliphatic heterocycles. The van der Waals surface area contributed by atoms with Crippen molar-refractivity contribution in [1.29, 1.82) is 0 Å². The van der Waals surface area contributed by atoms with Crippen LogP contribution in [0.2, 0.25) is 0 Å². The molecule has 1 fully saturated rings. The number of aliphatic carboxylic acids is 1. The molecule has 0 radical (unpaired) electrons. The first kappa shape index (κ1) is 23.0. The van der Waals surface area contributed by atoms with Crippen molar-refractivity contribution in [3.63, 3.8) is 0 Å². The number of carboxylic acid groups (broad SMARTS) is 1. The lowest BCUT2D eigenvalue weighted by Crippen LogP contribution is -2.42. The fraction of sp³-hybridized carbons (Fsp3) is 0.308. The number of carbonyl (C=O) groups excluding carboxylic acids is 1. The maximum Gasteiger partial charge on any atom is 0.494 e. The number of fused-ring (bicyclic) bond motifs is 1. The highest BCUT2D eigenvalue weighted by atomic mass is 16.7. The number of carboxylic acids is 1. The van der Waals surface area contributed by atoms with E-state index < -0.39 is 36.2 Å². The van der Waals surface area contributed by atoms with Crippen molar-refractivity contribution in [3.05, 3.63) is 77.9 Å². The molecule has 0 aromatic heterocycles. The van der Waals surface area contributed by atoms with Crippen LogP contribution in [0.5, 0.6) is 0 Å². The molecule has 0 saturated carbocycles. The van der Waals surface area contributed by atoms with Crippen molar-refractivity contribution in [2.45, 2.75) is 51.4 Å². The number of rotatable bonds is 6. The highest BCUT2D eigenvalue weighted by Gasteiger charge is 2.51. The molecule has 1 heterocycles. The van der Waals surface area contributed by atoms with Gasteiger partial charge in [0.15, 0.2) is 0 Å². The summed E-state index contributed by atoms with van der Waals surface area (Å²) >= 11 is 0. The fourth-order valence-electron chi connectivity index (χ4n) is 3.80. The van der Waals surface area contributed by atoms with Crippen molar-refractivity contribution >= 4 is 35.2 Å². The SMILES string of the molecule is CC1(C)OB(c2ccc(C[C@@H](NC(=O)c3ccc4ccccc4c3)C(=O)O)cc2)OC1(C)C. The molecule has 0 bridgehead atoms. The molecule has 0 unspecified atom stereocenters. The van der Waals surface area contributed by atoms with Crippen molar-refractivity contribution < 1.29 is 24.0 Å². The number of carbonyl (C=O) groups is 2. The smallest absolute Gasteiger partial charge is 0.480 e. The lowest BCUT2D eigenvalue weighted by Gasteiger charge is -2.32. The van der Waals surface area contributed by atoms with E-state index in [1.54, 1.807) is 12.1 Å². The second kappa shape index (κ2) is 8.65. The van der Waals surface area contributed by atoms with E-state index in [1.165, 1.54) is 0 Å². The van der Waals surface area contributed by atoms with E-state index in [0.29, 0.717) is 5.56 Å². The third-order valence-electron chi connectivity index (χ3n) is 6.56. The second-order valence-corrected chi connectivity index (χ2v) is 9.46. The molecule has 7 heteroatoms. The Hall–Kier alpha value is -3.16. The maximum absolute atomic E-state index is 12.7. The van der Waals surface area contributed by atoms with Gasteiger partial charge < -0.3 is 19.7 Å². The maximum atomic E-state index is 12.7. The zero-order chi connectivity index (χ0) is 23.8. The summed E-state index contributed by atoms with van der Waals surface area (Å²) in [5, 5.41) is 14.3. The summed E-state index contributed by atoms with van der Waals surface area (Å²) in [6.45, 7) is 7.99. The van der Waals surface area contributed by atoms with Crippen LogP contribution < -0.4 is 10.8 Å². The lowest BCUT2D eigenvalue weighted by molar-refractivity contribution is -0.139. The fourth-order valence-corrected chi connectivity index (χ4v) is 3.80. The number of hydrogen-bond acceptors (Lipinski definition) is 4. The van der Waals surface area contributed by atoms with Gasteiger partial charge in [0.05, 0.1) is 11.2 Å². The minimum atomic E-state index is -1.08. The number of benzene rings is 3. The third kappa shape index (κ3) is 4.79. The average Bonchev–Trinajstić information content (AvgIpc) is 3.00. The molecule has 4 rings (SSSR count). The Bertz CT molecular complexity index is 1170. The predicted octanol–water partition coefficient (Wildman–Crippen LogP) is 3.56. The Morgan fingerprint density at radius 3 is 2.12 bits per heavy atom. The summed E-state index contributed by atoms with van der Waals surface area (Å²) in [6, 6.07) is 19.4. The van der Waals surface area contributed by atoms with Crippen LogP contribution in [-0.2, 0) is 20.5 Å². The molecule has 33 heavy (non-hydrogen) atoms. The van der Waals surface area contributed by atoms with Crippen molar-refractivity contribution in [2.24, 2.45) is 0 Å². The molecule has 2 N–H and O–H groups in total. The second-order valence-electron chi connectivity index (χ2n) is 9.46. The van der Waals surface area contributed by atoms with Gasteiger partial charge in [-0.1, -0.05) is 54.6 Å². The van der Waals surface area contributed by atoms with Gasteiger partial charge in [0, 0.05) is 12.0 Å². The minimum Gasteiger partial charge on any atom is -0.480 e. The van der Waals surface area contributed by atoms with Gasteiger partial charge in [-0.05, 0) is 61.6 Å². The Morgan fingerprint density at radius 1 is 0.909 bits per heavy atom. The van der Waals surface area contributed by atoms with E-state index in [1.807, 2.05) is 82.3 Å². The number of nitrogens with one attached hydrogen (secondary N) is 1. The zero-order valence-electron chi connectivity index (χ0n) is 19.3. The van der Waals surface area contributed by atoms with Crippen molar-refractivity contribution in [1.82, 2.24) is 5.32 Å². The zero-order valence-corrected chi connectivity index (χ0v) is 19.3. The highest BCUT2D eigenvalue weighted by molar-refractivity contribution is 6.62. The topological polar surface area (TPSA) is 84.9 Å². The normalized spacial score (nSPS) is 17.6. The van der Waals surface area contributed by atoms with Gasteiger partial charge in [0.2, 0.25) is 0 Å². The van der Waals surface area contributed by atoms with Gasteiger partial charge in [-0.15, -0.1) is 0 Å². The predicted molar refractivity (Wildman–Crippen MR) is 129 cm³/mol. The summed E-state index contributed by atoms with van der Waals surface area (Å²) in [7, 11) is -0.480. The van der Waals surface area contributed by atoms with Gasteiger partial charge in [0.25, 0.3) is 5.91 Å². The van der Waals surface area contributed by atoms with Crippen LogP contribution in [0.15, 0.2) is 66.7 Å². The Labute approximate surface area is 194 Å². The summed E-state index contributed by atoms with van der Waals surface area (Å²) in [5.74, 6) is -1.50. The quantitative estimate of drug-likeness (QED) is 0.567. The van der Waals surface area contributed by atoms with Crippen molar-refractivity contribution in [3.8, 4) is 0 Å². The molecule has 3 aromatic carbocycles. The number of amides is 1. The molecule has 1 saturated heterocycles. The summed E-state index contributed by atoms with van der Waals surface area (Å²) < 4.78 is 12.1. The first-order valence-corrected chi connectivity index (χ1v) is 11.0. The summed E-state index contributed by atoms with van der Waals surface area (Å²) in [4.78, 5) is 24.6. The van der Waals surface area contributed by atoms with Crippen molar-refractivity contribution in [2.75, 3.05) is 0 Å². The van der Waals surface area contributed by atoms with E-state index in [4.69, 9.17) is 9.31 Å². The molecule has 0 aliphatic carbocycles. The first-order valence-electron chi connectivity index (χ1n) is 11.0. The van der Waals surface area contributed by atoms with Crippen LogP contribution >= 0.6 is 0 Å². The number of hydrogen-bond donors (Lipinski definition) is 2. The molecule has 6 nitrogen and oxygen atoms in total. The Kier molecular flexibility index (Phi) is 6.03. The molecule has 1 atom stereocenters. The van der Waals surface area contributed by atoms with E-state index in [0.717, 1.165) is 21.8 Å². The Morgan fingerprint density at radius 2 is 1.52 bits per heavy atom. The Balaban J connectivity index is 1.44. The first-order chi connectivity index (χ1) is 15.6. The molecule has 3 aromatic rings. The van der Waals surface area contributed by atoms with E-state index in [9.17, 15) is 14.7 Å². The van der Waals surface area contributed by atoms with E-state index >= 15 is 0 Å². The monoisotopic (exact) mass is 445 g/mol. The highest BCUT2D eigenvalue weighted by Crippen LogP contribution is 2.36. The average molecular weight is 445 g/mol.